The van der Waals surface area contributed by atoms with E-state index in [1.807, 2.05) is 56.3 Å². The number of nitrogens with two attached hydrogens (primary N) is 1. The highest BCUT2D eigenvalue weighted by atomic mass is 16.5. The average molecular weight is 355 g/mol. The van der Waals surface area contributed by atoms with Gasteiger partial charge in [0, 0.05) is 11.3 Å². The fourth-order valence-electron chi connectivity index (χ4n) is 2.44. The lowest BCUT2D eigenvalue weighted by Gasteiger charge is -2.15. The molecule has 0 heterocycles. The highest BCUT2D eigenvalue weighted by Gasteiger charge is 2.17. The van der Waals surface area contributed by atoms with E-state index in [9.17, 15) is 9.59 Å². The molecule has 0 unspecified atom stereocenters. The van der Waals surface area contributed by atoms with Gasteiger partial charge in [-0.05, 0) is 29.7 Å². The van der Waals surface area contributed by atoms with Crippen LogP contribution < -0.4 is 21.1 Å². The average Bonchev–Trinajstić information content (AvgIpc) is 2.65. The second kappa shape index (κ2) is 9.01. The molecular weight excluding hydrogens is 330 g/mol. The number of ether oxygens (including phenoxy) is 1. The third-order valence-electron chi connectivity index (χ3n) is 4.01. The molecule has 2 aromatic carbocycles. The van der Waals surface area contributed by atoms with Gasteiger partial charge in [0.1, 0.15) is 5.75 Å². The van der Waals surface area contributed by atoms with E-state index in [0.29, 0.717) is 5.69 Å². The number of benzene rings is 2. The molecule has 0 bridgehead atoms. The van der Waals surface area contributed by atoms with Crippen LogP contribution in [0.1, 0.15) is 13.8 Å². The van der Waals surface area contributed by atoms with Gasteiger partial charge >= 0.3 is 0 Å². The summed E-state index contributed by atoms with van der Waals surface area (Å²) in [5.41, 5.74) is 8.25. The molecule has 4 N–H and O–H groups in total. The summed E-state index contributed by atoms with van der Waals surface area (Å²) in [7, 11) is 1.62. The van der Waals surface area contributed by atoms with E-state index >= 15 is 0 Å². The number of methoxy groups -OCH3 is 1. The molecule has 2 rings (SSSR count). The SMILES string of the molecule is COc1ccccc1-c1cccc(NC(=O)CNC(=O)[C@@H](N)C(C)C)c1. The second-order valence-electron chi connectivity index (χ2n) is 6.32. The molecule has 2 amide bonds. The van der Waals surface area contributed by atoms with Gasteiger partial charge in [-0.15, -0.1) is 0 Å². The highest BCUT2D eigenvalue weighted by Crippen LogP contribution is 2.30. The lowest BCUT2D eigenvalue weighted by atomic mass is 10.0. The van der Waals surface area contributed by atoms with Crippen LogP contribution in [0.25, 0.3) is 11.1 Å². The number of rotatable bonds is 7. The maximum atomic E-state index is 12.1. The van der Waals surface area contributed by atoms with Crippen molar-refractivity contribution in [1.29, 1.82) is 0 Å². The largest absolute Gasteiger partial charge is 0.496 e. The molecule has 0 aliphatic carbocycles. The maximum absolute atomic E-state index is 12.1. The number of amides is 2. The van der Waals surface area contributed by atoms with E-state index in [0.717, 1.165) is 16.9 Å². The highest BCUT2D eigenvalue weighted by molar-refractivity contribution is 5.95. The zero-order valence-electron chi connectivity index (χ0n) is 15.3. The van der Waals surface area contributed by atoms with E-state index in [1.165, 1.54) is 0 Å². The smallest absolute Gasteiger partial charge is 0.243 e. The van der Waals surface area contributed by atoms with Crippen LogP contribution in [0.15, 0.2) is 48.5 Å². The van der Waals surface area contributed by atoms with Gasteiger partial charge in [-0.2, -0.15) is 0 Å². The van der Waals surface area contributed by atoms with Crippen LogP contribution in [0.5, 0.6) is 5.75 Å². The van der Waals surface area contributed by atoms with Gasteiger partial charge in [0.2, 0.25) is 11.8 Å². The molecule has 138 valence electrons. The number of hydrogen-bond acceptors (Lipinski definition) is 4. The lowest BCUT2D eigenvalue weighted by Crippen LogP contribution is -2.46. The standard InChI is InChI=1S/C20H25N3O3/c1-13(2)19(21)20(25)22-12-18(24)23-15-8-6-7-14(11-15)16-9-4-5-10-17(16)26-3/h4-11,13,19H,12,21H2,1-3H3,(H,22,25)(H,23,24)/t19-/m0/s1. The van der Waals surface area contributed by atoms with Gasteiger partial charge in [0.05, 0.1) is 19.7 Å². The Hall–Kier alpha value is -2.86. The molecular formula is C20H25N3O3. The third-order valence-corrected chi connectivity index (χ3v) is 4.01. The minimum atomic E-state index is -0.628. The van der Waals surface area contributed by atoms with Gasteiger partial charge in [0.15, 0.2) is 0 Å². The fourth-order valence-corrected chi connectivity index (χ4v) is 2.44. The van der Waals surface area contributed by atoms with E-state index in [1.54, 1.807) is 13.2 Å². The summed E-state index contributed by atoms with van der Waals surface area (Å²) < 4.78 is 5.38. The Bertz CT molecular complexity index is 774. The van der Waals surface area contributed by atoms with Crippen LogP contribution in [0, 0.1) is 5.92 Å². The summed E-state index contributed by atoms with van der Waals surface area (Å²) in [6.07, 6.45) is 0. The molecule has 0 saturated carbocycles. The molecule has 6 nitrogen and oxygen atoms in total. The maximum Gasteiger partial charge on any atom is 0.243 e. The number of para-hydroxylation sites is 1. The molecule has 0 aliphatic heterocycles. The van der Waals surface area contributed by atoms with E-state index in [4.69, 9.17) is 10.5 Å². The molecule has 6 heteroatoms. The summed E-state index contributed by atoms with van der Waals surface area (Å²) >= 11 is 0. The van der Waals surface area contributed by atoms with Crippen molar-refractivity contribution >= 4 is 17.5 Å². The number of anilines is 1. The van der Waals surface area contributed by atoms with Crippen LogP contribution in [0.3, 0.4) is 0 Å². The van der Waals surface area contributed by atoms with Crippen molar-refractivity contribution in [1.82, 2.24) is 5.32 Å². The first-order valence-corrected chi connectivity index (χ1v) is 8.49. The fraction of sp³-hybridized carbons (Fsp3) is 0.300. The van der Waals surface area contributed by atoms with Crippen LogP contribution in [0.2, 0.25) is 0 Å². The van der Waals surface area contributed by atoms with Crippen molar-refractivity contribution in [3.05, 3.63) is 48.5 Å². The van der Waals surface area contributed by atoms with Gasteiger partial charge in [-0.25, -0.2) is 0 Å². The number of nitrogens with one attached hydrogen (secondary N) is 2. The Kier molecular flexibility index (Phi) is 6.74. The van der Waals surface area contributed by atoms with Crippen molar-refractivity contribution in [2.24, 2.45) is 11.7 Å². The van der Waals surface area contributed by atoms with Gasteiger partial charge in [0.25, 0.3) is 0 Å². The Labute approximate surface area is 153 Å². The van der Waals surface area contributed by atoms with E-state index < -0.39 is 6.04 Å². The van der Waals surface area contributed by atoms with E-state index in [-0.39, 0.29) is 24.3 Å². The Morgan fingerprint density at radius 3 is 2.54 bits per heavy atom. The Morgan fingerprint density at radius 2 is 1.85 bits per heavy atom. The number of hydrogen-bond donors (Lipinski definition) is 3. The van der Waals surface area contributed by atoms with Gasteiger partial charge in [-0.3, -0.25) is 9.59 Å². The topological polar surface area (TPSA) is 93.5 Å². The summed E-state index contributed by atoms with van der Waals surface area (Å²) in [5, 5.41) is 5.33. The third kappa shape index (κ3) is 5.07. The van der Waals surface area contributed by atoms with E-state index in [2.05, 4.69) is 10.6 Å². The molecule has 0 radical (unpaired) electrons. The normalized spacial score (nSPS) is 11.7. The number of carbonyl (C=O) groups is 2. The van der Waals surface area contributed by atoms with Crippen LogP contribution in [0.4, 0.5) is 5.69 Å². The van der Waals surface area contributed by atoms with Crippen molar-refractivity contribution in [2.75, 3.05) is 19.0 Å². The van der Waals surface area contributed by atoms with Crippen LogP contribution in [-0.4, -0.2) is 31.5 Å². The van der Waals surface area contributed by atoms with Gasteiger partial charge in [-0.1, -0.05) is 44.2 Å². The first-order chi connectivity index (χ1) is 12.4. The predicted molar refractivity (Wildman–Crippen MR) is 103 cm³/mol. The first kappa shape index (κ1) is 19.5. The van der Waals surface area contributed by atoms with Crippen molar-refractivity contribution in [2.45, 2.75) is 19.9 Å². The quantitative estimate of drug-likeness (QED) is 0.711. The molecule has 26 heavy (non-hydrogen) atoms. The Morgan fingerprint density at radius 1 is 1.12 bits per heavy atom. The van der Waals surface area contributed by atoms with Crippen LogP contribution in [-0.2, 0) is 9.59 Å². The lowest BCUT2D eigenvalue weighted by molar-refractivity contribution is -0.125. The summed E-state index contributed by atoms with van der Waals surface area (Å²) in [4.78, 5) is 23.9. The minimum absolute atomic E-state index is 0.00981. The van der Waals surface area contributed by atoms with Crippen molar-refractivity contribution in [3.8, 4) is 16.9 Å². The zero-order chi connectivity index (χ0) is 19.1. The molecule has 0 aliphatic rings. The summed E-state index contributed by atoms with van der Waals surface area (Å²) in [5.74, 6) is 0.117. The first-order valence-electron chi connectivity index (χ1n) is 8.49. The number of carbonyl (C=O) groups excluding carboxylic acids is 2. The molecule has 2 aromatic rings. The molecule has 1 atom stereocenters. The summed E-state index contributed by atoms with van der Waals surface area (Å²) in [6.45, 7) is 3.58. The summed E-state index contributed by atoms with van der Waals surface area (Å²) in [6, 6.07) is 14.5. The zero-order valence-corrected chi connectivity index (χ0v) is 15.3. The second-order valence-corrected chi connectivity index (χ2v) is 6.32. The van der Waals surface area contributed by atoms with Crippen molar-refractivity contribution < 1.29 is 14.3 Å². The predicted octanol–water partition coefficient (Wildman–Crippen LogP) is 2.40. The van der Waals surface area contributed by atoms with Crippen LogP contribution >= 0.6 is 0 Å². The van der Waals surface area contributed by atoms with Crippen molar-refractivity contribution in [3.63, 3.8) is 0 Å². The molecule has 0 aromatic heterocycles. The molecule has 0 fully saturated rings. The minimum Gasteiger partial charge on any atom is -0.496 e. The monoisotopic (exact) mass is 355 g/mol. The molecule has 0 saturated heterocycles. The molecule has 0 spiro atoms. The van der Waals surface area contributed by atoms with Gasteiger partial charge < -0.3 is 21.1 Å². The Balaban J connectivity index is 2.02.